The molecule has 0 aliphatic carbocycles. The zero-order chi connectivity index (χ0) is 61.9. The molecule has 0 saturated carbocycles. The highest BCUT2D eigenvalue weighted by atomic mass is 19.4. The smallest absolute Gasteiger partial charge is 0.309 e. The summed E-state index contributed by atoms with van der Waals surface area (Å²) in [6.07, 6.45) is 2.41. The van der Waals surface area contributed by atoms with Crippen LogP contribution in [0.4, 0.5) is 13.2 Å². The largest absolute Gasteiger partial charge is 0.417 e. The Morgan fingerprint density at radius 1 is 0.283 bits per heavy atom. The van der Waals surface area contributed by atoms with Gasteiger partial charge in [-0.15, -0.1) is 0 Å². The van der Waals surface area contributed by atoms with Crippen LogP contribution in [0.3, 0.4) is 0 Å². The van der Waals surface area contributed by atoms with Crippen molar-refractivity contribution in [3.8, 4) is 118 Å². The lowest BCUT2D eigenvalue weighted by Crippen LogP contribution is -2.09. The molecule has 16 aromatic rings. The molecule has 0 N–H and O–H groups in total. The monoisotopic (exact) mass is 1190 g/mol. The normalized spacial score (nSPS) is 11.6. The van der Waals surface area contributed by atoms with Gasteiger partial charge in [0.05, 0.1) is 67.3 Å². The van der Waals surface area contributed by atoms with E-state index in [0.29, 0.717) is 11.4 Å². The Labute approximate surface area is 527 Å². The zero-order valence-corrected chi connectivity index (χ0v) is 49.1. The second kappa shape index (κ2) is 22.7. The van der Waals surface area contributed by atoms with Gasteiger partial charge in [-0.1, -0.05) is 188 Å². The molecule has 92 heavy (non-hydrogen) atoms. The Morgan fingerprint density at radius 3 is 0.913 bits per heavy atom. The van der Waals surface area contributed by atoms with Crippen LogP contribution >= 0.6 is 0 Å². The van der Waals surface area contributed by atoms with E-state index < -0.39 is 11.7 Å². The summed E-state index contributed by atoms with van der Waals surface area (Å²) in [4.78, 5) is 19.6. The van der Waals surface area contributed by atoms with Gasteiger partial charge in [-0.3, -0.25) is 19.9 Å². The van der Waals surface area contributed by atoms with Crippen molar-refractivity contribution in [1.29, 1.82) is 5.26 Å². The van der Waals surface area contributed by atoms with Gasteiger partial charge in [-0.25, -0.2) is 0 Å². The lowest BCUT2D eigenvalue weighted by Gasteiger charge is -2.21. The molecule has 16 rings (SSSR count). The number of nitriles is 1. The van der Waals surface area contributed by atoms with Crippen molar-refractivity contribution in [3.05, 3.63) is 315 Å². The van der Waals surface area contributed by atoms with Crippen molar-refractivity contribution >= 4 is 43.6 Å². The number of alkyl halides is 3. The van der Waals surface area contributed by atoms with E-state index in [1.807, 2.05) is 191 Å². The Bertz CT molecular complexity index is 5300. The summed E-state index contributed by atoms with van der Waals surface area (Å²) in [5, 5.41) is 15.2. The molecule has 10 heteroatoms. The molecule has 0 spiro atoms. The number of pyridine rings is 4. The third-order valence-electron chi connectivity index (χ3n) is 17.4. The summed E-state index contributed by atoms with van der Waals surface area (Å²) in [6, 6.07) is 93.0. The maximum atomic E-state index is 15.9. The van der Waals surface area contributed by atoms with Crippen molar-refractivity contribution in [3.63, 3.8) is 0 Å². The number of halogens is 3. The first-order valence-corrected chi connectivity index (χ1v) is 30.2. The first-order chi connectivity index (χ1) is 45.3. The quantitative estimate of drug-likeness (QED) is 0.129. The van der Waals surface area contributed by atoms with E-state index in [0.717, 1.165) is 139 Å². The third kappa shape index (κ3) is 9.55. The average Bonchev–Trinajstić information content (AvgIpc) is 1.56. The minimum atomic E-state index is -4.76. The number of fused-ring (bicyclic) bond motifs is 6. The summed E-state index contributed by atoms with van der Waals surface area (Å²) in [5.74, 6) is 0. The number of nitrogens with zero attached hydrogens (tertiary/aromatic N) is 7. The van der Waals surface area contributed by atoms with Crippen molar-refractivity contribution in [1.82, 2.24) is 29.1 Å². The topological polar surface area (TPSA) is 85.2 Å². The number of hydrogen-bond donors (Lipinski definition) is 0. The number of hydrogen-bond acceptors (Lipinski definition) is 5. The van der Waals surface area contributed by atoms with Gasteiger partial charge in [0.1, 0.15) is 6.07 Å². The summed E-state index contributed by atoms with van der Waals surface area (Å²) in [6.45, 7) is 0. The molecule has 0 atom stereocenters. The first-order valence-electron chi connectivity index (χ1n) is 30.2. The maximum absolute atomic E-state index is 15.9. The molecule has 10 aromatic carbocycles. The molecule has 0 radical (unpaired) electrons. The van der Waals surface area contributed by atoms with E-state index in [2.05, 4.69) is 66.7 Å². The van der Waals surface area contributed by atoms with Gasteiger partial charge in [0.2, 0.25) is 0 Å². The van der Waals surface area contributed by atoms with Crippen molar-refractivity contribution in [2.75, 3.05) is 0 Å². The Kier molecular flexibility index (Phi) is 13.6. The molecule has 0 fully saturated rings. The summed E-state index contributed by atoms with van der Waals surface area (Å²) < 4.78 is 51.8. The van der Waals surface area contributed by atoms with Gasteiger partial charge < -0.3 is 9.13 Å². The van der Waals surface area contributed by atoms with Gasteiger partial charge in [0.25, 0.3) is 0 Å². The summed E-state index contributed by atoms with van der Waals surface area (Å²) in [7, 11) is 0. The Morgan fingerprint density at radius 2 is 0.587 bits per heavy atom. The first kappa shape index (κ1) is 55.0. The highest BCUT2D eigenvalue weighted by molar-refractivity contribution is 6.14. The van der Waals surface area contributed by atoms with Gasteiger partial charge in [-0.05, 0) is 119 Å². The number of benzene rings is 10. The van der Waals surface area contributed by atoms with Gasteiger partial charge >= 0.3 is 6.18 Å². The van der Waals surface area contributed by atoms with Crippen LogP contribution in [-0.2, 0) is 6.18 Å². The van der Waals surface area contributed by atoms with Crippen molar-refractivity contribution in [2.24, 2.45) is 0 Å². The molecule has 0 aliphatic rings. The molecular weight excluding hydrogens is 1140 g/mol. The minimum absolute atomic E-state index is 0.0462. The lowest BCUT2D eigenvalue weighted by atomic mass is 9.95. The zero-order valence-electron chi connectivity index (χ0n) is 49.1. The van der Waals surface area contributed by atoms with E-state index in [-0.39, 0.29) is 16.7 Å². The van der Waals surface area contributed by atoms with Crippen LogP contribution in [0.1, 0.15) is 11.1 Å². The second-order valence-electron chi connectivity index (χ2n) is 22.7. The molecule has 6 heterocycles. The van der Waals surface area contributed by atoms with Gasteiger partial charge in [0, 0.05) is 96.4 Å². The molecule has 0 bridgehead atoms. The van der Waals surface area contributed by atoms with E-state index in [1.54, 1.807) is 43.0 Å². The van der Waals surface area contributed by atoms with Crippen LogP contribution < -0.4 is 0 Å². The Balaban J connectivity index is 0.976. The molecule has 6 aromatic heterocycles. The SMILES string of the molecule is N#Cc1cc(-n2c3ccc(-c4cccnc4-c4ccccc4)cc3c3cc(-c4cccnc4-c4ccccc4)ccc32)c(-c2ccccc2C(F)(F)F)cc1-n1c2ccc(-c3cccnc3-c3ccccc3)cc2c2cc(-c3cccnc3-c3ccccc3)ccc21. The van der Waals surface area contributed by atoms with Crippen LogP contribution in [0.25, 0.3) is 156 Å². The predicted octanol–water partition coefficient (Wildman–Crippen LogP) is 21.4. The van der Waals surface area contributed by atoms with E-state index in [9.17, 15) is 5.26 Å². The molecule has 0 saturated heterocycles. The van der Waals surface area contributed by atoms with Crippen LogP contribution in [0.2, 0.25) is 0 Å². The fraction of sp³-hybridized carbons (Fsp3) is 0.0122. The van der Waals surface area contributed by atoms with Crippen molar-refractivity contribution in [2.45, 2.75) is 6.18 Å². The molecule has 434 valence electrons. The summed E-state index contributed by atoms with van der Waals surface area (Å²) >= 11 is 0. The van der Waals surface area contributed by atoms with E-state index in [4.69, 9.17) is 19.9 Å². The van der Waals surface area contributed by atoms with Gasteiger partial charge in [-0.2, -0.15) is 18.4 Å². The third-order valence-corrected chi connectivity index (χ3v) is 17.4. The molecule has 0 unspecified atom stereocenters. The molecule has 0 aliphatic heterocycles. The molecule has 0 amide bonds. The fourth-order valence-electron chi connectivity index (χ4n) is 13.3. The van der Waals surface area contributed by atoms with Crippen LogP contribution in [0.15, 0.2) is 304 Å². The average molecular weight is 1190 g/mol. The van der Waals surface area contributed by atoms with Crippen LogP contribution in [0, 0.1) is 11.3 Å². The number of aromatic nitrogens is 6. The maximum Gasteiger partial charge on any atom is 0.417 e. The highest BCUT2D eigenvalue weighted by Crippen LogP contribution is 2.48. The lowest BCUT2D eigenvalue weighted by molar-refractivity contribution is -0.137. The van der Waals surface area contributed by atoms with Crippen molar-refractivity contribution < 1.29 is 13.2 Å². The molecular formula is C82H50F3N7. The number of rotatable bonds is 11. The second-order valence-corrected chi connectivity index (χ2v) is 22.7. The summed E-state index contributed by atoms with van der Waals surface area (Å²) in [5.41, 5.74) is 17.7. The predicted molar refractivity (Wildman–Crippen MR) is 365 cm³/mol. The van der Waals surface area contributed by atoms with E-state index in [1.165, 1.54) is 12.1 Å². The molecule has 7 nitrogen and oxygen atoms in total. The highest BCUT2D eigenvalue weighted by Gasteiger charge is 2.35. The minimum Gasteiger partial charge on any atom is -0.309 e. The van der Waals surface area contributed by atoms with Crippen LogP contribution in [-0.4, -0.2) is 29.1 Å². The Hall–Kier alpha value is -12.3. The van der Waals surface area contributed by atoms with Crippen LogP contribution in [0.5, 0.6) is 0 Å². The van der Waals surface area contributed by atoms with E-state index >= 15 is 13.2 Å². The van der Waals surface area contributed by atoms with Gasteiger partial charge in [0.15, 0.2) is 0 Å². The standard InChI is InChI=1S/C82H50F3N7/c83-82(84,85)71-32-14-13-27-65(71)70-50-76(91-72-37-33-56(61-28-15-41-87-78(61)52-19-5-1-6-20-52)45-66(72)67-46-57(34-38-73(67)91)62-29-16-42-88-79(62)53-21-7-2-8-22-53)60(51-86)49-77(70)92-74-39-35-58(63-30-17-43-89-80(63)54-23-9-3-10-24-54)47-68(74)69-48-59(36-40-75(69)92)64-31-18-44-90-81(64)55-25-11-4-12-26-55/h1-50H. The fourth-order valence-corrected chi connectivity index (χ4v) is 13.3.